The van der Waals surface area contributed by atoms with E-state index in [2.05, 4.69) is 9.97 Å². The number of hydrogen-bond donors (Lipinski definition) is 0. The van der Waals surface area contributed by atoms with Crippen LogP contribution in [0.25, 0.3) is 0 Å². The summed E-state index contributed by atoms with van der Waals surface area (Å²) >= 11 is 5.65. The van der Waals surface area contributed by atoms with Crippen LogP contribution in [0.15, 0.2) is 48.9 Å². The second-order valence-corrected chi connectivity index (χ2v) is 3.00. The fourth-order valence-electron chi connectivity index (χ4n) is 0.777. The number of pyridine rings is 2. The Morgan fingerprint density at radius 1 is 1.00 bits per heavy atom. The van der Waals surface area contributed by atoms with E-state index < -0.39 is 0 Å². The van der Waals surface area contributed by atoms with E-state index in [9.17, 15) is 0 Å². The van der Waals surface area contributed by atoms with Crippen molar-refractivity contribution in [3.63, 3.8) is 0 Å². The highest BCUT2D eigenvalue weighted by Crippen LogP contribution is 2.08. The van der Waals surface area contributed by atoms with Crippen molar-refractivity contribution >= 4 is 11.6 Å². The minimum absolute atomic E-state index is 0.729. The Labute approximate surface area is 88.6 Å². The molecule has 0 aliphatic carbocycles. The zero-order chi connectivity index (χ0) is 10.2. The Balaban J connectivity index is 0.000000146. The third kappa shape index (κ3) is 4.01. The van der Waals surface area contributed by atoms with Crippen molar-refractivity contribution in [2.24, 2.45) is 0 Å². The van der Waals surface area contributed by atoms with Crippen LogP contribution in [0, 0.1) is 6.92 Å². The first-order chi connectivity index (χ1) is 6.80. The van der Waals surface area contributed by atoms with E-state index in [-0.39, 0.29) is 0 Å². The summed E-state index contributed by atoms with van der Waals surface area (Å²) in [6, 6.07) is 9.35. The summed E-state index contributed by atoms with van der Waals surface area (Å²) in [4.78, 5) is 7.73. The van der Waals surface area contributed by atoms with Crippen LogP contribution in [-0.2, 0) is 0 Å². The molecule has 2 aromatic heterocycles. The molecule has 0 radical (unpaired) electrons. The summed E-state index contributed by atoms with van der Waals surface area (Å²) in [7, 11) is 0. The molecular formula is C11H11ClN2. The summed E-state index contributed by atoms with van der Waals surface area (Å²) in [5, 5.41) is 0.729. The van der Waals surface area contributed by atoms with Crippen molar-refractivity contribution in [2.45, 2.75) is 6.92 Å². The maximum Gasteiger partial charge on any atom is 0.0618 e. The molecular weight excluding hydrogens is 196 g/mol. The van der Waals surface area contributed by atoms with Crippen LogP contribution >= 0.6 is 11.6 Å². The SMILES string of the molecule is Cc1ncccc1Cl.c1ccncc1. The second-order valence-electron chi connectivity index (χ2n) is 2.60. The first kappa shape index (κ1) is 10.7. The quantitative estimate of drug-likeness (QED) is 0.662. The van der Waals surface area contributed by atoms with E-state index in [4.69, 9.17) is 11.6 Å². The van der Waals surface area contributed by atoms with E-state index in [1.165, 1.54) is 0 Å². The maximum atomic E-state index is 5.65. The fraction of sp³-hybridized carbons (Fsp3) is 0.0909. The molecule has 0 bridgehead atoms. The zero-order valence-electron chi connectivity index (χ0n) is 7.89. The molecule has 0 saturated heterocycles. The molecule has 0 aromatic carbocycles. The maximum absolute atomic E-state index is 5.65. The molecule has 3 heteroatoms. The minimum atomic E-state index is 0.729. The topological polar surface area (TPSA) is 25.8 Å². The molecule has 0 fully saturated rings. The number of nitrogens with zero attached hydrogens (tertiary/aromatic N) is 2. The van der Waals surface area contributed by atoms with Gasteiger partial charge in [0.25, 0.3) is 0 Å². The van der Waals surface area contributed by atoms with E-state index >= 15 is 0 Å². The predicted octanol–water partition coefficient (Wildman–Crippen LogP) is 3.13. The van der Waals surface area contributed by atoms with Crippen molar-refractivity contribution in [3.05, 3.63) is 59.6 Å². The Morgan fingerprint density at radius 3 is 2.00 bits per heavy atom. The molecule has 0 aliphatic rings. The van der Waals surface area contributed by atoms with Crippen molar-refractivity contribution in [3.8, 4) is 0 Å². The molecule has 0 saturated carbocycles. The van der Waals surface area contributed by atoms with Crippen molar-refractivity contribution in [1.29, 1.82) is 0 Å². The molecule has 0 aliphatic heterocycles. The van der Waals surface area contributed by atoms with Gasteiger partial charge in [-0.15, -0.1) is 0 Å². The first-order valence-electron chi connectivity index (χ1n) is 4.23. The van der Waals surface area contributed by atoms with Crippen LogP contribution in [0.5, 0.6) is 0 Å². The molecule has 2 heterocycles. The van der Waals surface area contributed by atoms with Gasteiger partial charge in [0.1, 0.15) is 0 Å². The van der Waals surface area contributed by atoms with Gasteiger partial charge in [0, 0.05) is 18.6 Å². The van der Waals surface area contributed by atoms with Gasteiger partial charge in [0.05, 0.1) is 10.7 Å². The molecule has 14 heavy (non-hydrogen) atoms. The largest absolute Gasteiger partial charge is 0.265 e. The van der Waals surface area contributed by atoms with Crippen LogP contribution in [0.3, 0.4) is 0 Å². The van der Waals surface area contributed by atoms with Crippen LogP contribution < -0.4 is 0 Å². The predicted molar refractivity (Wildman–Crippen MR) is 58.2 cm³/mol. The fourth-order valence-corrected chi connectivity index (χ4v) is 0.899. The van der Waals surface area contributed by atoms with Crippen LogP contribution in [0.4, 0.5) is 0 Å². The number of hydrogen-bond acceptors (Lipinski definition) is 2. The number of aryl methyl sites for hydroxylation is 1. The first-order valence-corrected chi connectivity index (χ1v) is 4.60. The Bertz CT molecular complexity index is 315. The normalized spacial score (nSPS) is 8.71. The lowest BCUT2D eigenvalue weighted by Gasteiger charge is -1.90. The van der Waals surface area contributed by atoms with Gasteiger partial charge in [-0.05, 0) is 31.2 Å². The zero-order valence-corrected chi connectivity index (χ0v) is 8.65. The number of halogens is 1. The highest BCUT2D eigenvalue weighted by atomic mass is 35.5. The lowest BCUT2D eigenvalue weighted by molar-refractivity contribution is 1.20. The lowest BCUT2D eigenvalue weighted by Crippen LogP contribution is -1.77. The average molecular weight is 207 g/mol. The van der Waals surface area contributed by atoms with E-state index in [1.807, 2.05) is 37.3 Å². The van der Waals surface area contributed by atoms with Crippen LogP contribution in [0.2, 0.25) is 5.02 Å². The van der Waals surface area contributed by atoms with Gasteiger partial charge < -0.3 is 0 Å². The Kier molecular flexibility index (Phi) is 4.65. The molecule has 2 rings (SSSR count). The third-order valence-corrected chi connectivity index (χ3v) is 1.91. The highest BCUT2D eigenvalue weighted by molar-refractivity contribution is 6.31. The highest BCUT2D eigenvalue weighted by Gasteiger charge is 1.88. The smallest absolute Gasteiger partial charge is 0.0618 e. The van der Waals surface area contributed by atoms with Gasteiger partial charge in [-0.3, -0.25) is 9.97 Å². The molecule has 2 nitrogen and oxygen atoms in total. The summed E-state index contributed by atoms with van der Waals surface area (Å²) in [6.45, 7) is 1.88. The van der Waals surface area contributed by atoms with Crippen LogP contribution in [0.1, 0.15) is 5.69 Å². The molecule has 0 N–H and O–H groups in total. The van der Waals surface area contributed by atoms with E-state index in [0.717, 1.165) is 10.7 Å². The van der Waals surface area contributed by atoms with Gasteiger partial charge in [0.2, 0.25) is 0 Å². The van der Waals surface area contributed by atoms with E-state index in [1.54, 1.807) is 18.6 Å². The molecule has 0 atom stereocenters. The Morgan fingerprint density at radius 2 is 1.71 bits per heavy atom. The summed E-state index contributed by atoms with van der Waals surface area (Å²) in [5.74, 6) is 0. The lowest BCUT2D eigenvalue weighted by atomic mass is 10.4. The Hall–Kier alpha value is -1.41. The molecule has 0 unspecified atom stereocenters. The molecule has 2 aromatic rings. The van der Waals surface area contributed by atoms with Crippen molar-refractivity contribution in [1.82, 2.24) is 9.97 Å². The third-order valence-electron chi connectivity index (χ3n) is 1.51. The summed E-state index contributed by atoms with van der Waals surface area (Å²) in [5.41, 5.74) is 0.883. The minimum Gasteiger partial charge on any atom is -0.265 e. The molecule has 0 spiro atoms. The van der Waals surface area contributed by atoms with Crippen molar-refractivity contribution in [2.75, 3.05) is 0 Å². The van der Waals surface area contributed by atoms with Gasteiger partial charge in [-0.25, -0.2) is 0 Å². The van der Waals surface area contributed by atoms with E-state index in [0.29, 0.717) is 0 Å². The number of rotatable bonds is 0. The van der Waals surface area contributed by atoms with Crippen LogP contribution in [-0.4, -0.2) is 9.97 Å². The standard InChI is InChI=1S/C6H6ClN.C5H5N/c1-5-6(7)3-2-4-8-5;1-2-4-6-5-3-1/h2-4H,1H3;1-5H. The van der Waals surface area contributed by atoms with Crippen molar-refractivity contribution < 1.29 is 0 Å². The summed E-state index contributed by atoms with van der Waals surface area (Å²) in [6.07, 6.45) is 5.22. The van der Waals surface area contributed by atoms with Gasteiger partial charge in [-0.2, -0.15) is 0 Å². The number of aromatic nitrogens is 2. The second kappa shape index (κ2) is 6.11. The van der Waals surface area contributed by atoms with Gasteiger partial charge >= 0.3 is 0 Å². The average Bonchev–Trinajstić information content (AvgIpc) is 2.26. The van der Waals surface area contributed by atoms with Gasteiger partial charge in [0.15, 0.2) is 0 Å². The summed E-state index contributed by atoms with van der Waals surface area (Å²) < 4.78 is 0. The monoisotopic (exact) mass is 206 g/mol. The molecule has 72 valence electrons. The van der Waals surface area contributed by atoms with Gasteiger partial charge in [-0.1, -0.05) is 17.7 Å². The molecule has 0 amide bonds.